The number of nitrogens with one attached hydrogen (secondary N) is 1. The minimum absolute atomic E-state index is 0.153. The highest BCUT2D eigenvalue weighted by molar-refractivity contribution is 5.29. The van der Waals surface area contributed by atoms with E-state index in [1.807, 2.05) is 29.9 Å². The Morgan fingerprint density at radius 1 is 1.24 bits per heavy atom. The molecule has 0 fully saturated rings. The van der Waals surface area contributed by atoms with Crippen molar-refractivity contribution in [2.24, 2.45) is 7.05 Å². The summed E-state index contributed by atoms with van der Waals surface area (Å²) >= 11 is 0. The molecule has 1 heterocycles. The first-order chi connectivity index (χ1) is 10.1. The standard InChI is InChI=1S/C15H19F2N3O/c1-3-14(18-10-12-8-9-19-20(12)2)11-4-6-13(7-5-11)21-15(16)17/h4-9,14-15,18H,3,10H2,1-2H3. The molecule has 0 saturated carbocycles. The highest BCUT2D eigenvalue weighted by Gasteiger charge is 2.11. The number of ether oxygens (including phenoxy) is 1. The average molecular weight is 295 g/mol. The van der Waals surface area contributed by atoms with E-state index in [9.17, 15) is 8.78 Å². The molecular weight excluding hydrogens is 276 g/mol. The van der Waals surface area contributed by atoms with Gasteiger partial charge in [0.2, 0.25) is 0 Å². The van der Waals surface area contributed by atoms with Crippen molar-refractivity contribution >= 4 is 0 Å². The number of aromatic nitrogens is 2. The molecule has 2 rings (SSSR count). The van der Waals surface area contributed by atoms with Crippen molar-refractivity contribution in [3.05, 3.63) is 47.8 Å². The van der Waals surface area contributed by atoms with E-state index in [0.29, 0.717) is 6.54 Å². The van der Waals surface area contributed by atoms with E-state index in [4.69, 9.17) is 0 Å². The summed E-state index contributed by atoms with van der Waals surface area (Å²) < 4.78 is 30.4. The van der Waals surface area contributed by atoms with Crippen molar-refractivity contribution in [3.63, 3.8) is 0 Å². The van der Waals surface area contributed by atoms with Gasteiger partial charge in [-0.15, -0.1) is 0 Å². The molecule has 1 unspecified atom stereocenters. The van der Waals surface area contributed by atoms with E-state index in [0.717, 1.165) is 17.7 Å². The van der Waals surface area contributed by atoms with Crippen LogP contribution in [0.4, 0.5) is 8.78 Å². The summed E-state index contributed by atoms with van der Waals surface area (Å²) in [6.07, 6.45) is 2.65. The van der Waals surface area contributed by atoms with Gasteiger partial charge in [0.05, 0.1) is 5.69 Å². The molecule has 0 saturated heterocycles. The molecule has 1 aromatic carbocycles. The summed E-state index contributed by atoms with van der Waals surface area (Å²) in [4.78, 5) is 0. The van der Waals surface area contributed by atoms with E-state index in [1.54, 1.807) is 18.3 Å². The number of hydrogen-bond acceptors (Lipinski definition) is 3. The van der Waals surface area contributed by atoms with Gasteiger partial charge in [0, 0.05) is 25.8 Å². The molecule has 2 aromatic rings. The predicted octanol–water partition coefficient (Wildman–Crippen LogP) is 3.26. The zero-order valence-corrected chi connectivity index (χ0v) is 12.1. The second-order valence-corrected chi connectivity index (χ2v) is 4.74. The van der Waals surface area contributed by atoms with Crippen LogP contribution >= 0.6 is 0 Å². The molecule has 1 atom stereocenters. The first-order valence-electron chi connectivity index (χ1n) is 6.85. The van der Waals surface area contributed by atoms with Crippen LogP contribution in [0.5, 0.6) is 5.75 Å². The Hall–Kier alpha value is -1.95. The summed E-state index contributed by atoms with van der Waals surface area (Å²) in [6, 6.07) is 8.86. The highest BCUT2D eigenvalue weighted by atomic mass is 19.3. The zero-order chi connectivity index (χ0) is 15.2. The van der Waals surface area contributed by atoms with Gasteiger partial charge < -0.3 is 10.1 Å². The topological polar surface area (TPSA) is 39.1 Å². The van der Waals surface area contributed by atoms with Crippen molar-refractivity contribution < 1.29 is 13.5 Å². The van der Waals surface area contributed by atoms with Gasteiger partial charge in [-0.1, -0.05) is 19.1 Å². The molecule has 0 amide bonds. The Morgan fingerprint density at radius 2 is 1.95 bits per heavy atom. The third-order valence-corrected chi connectivity index (χ3v) is 3.37. The molecular formula is C15H19F2N3O. The number of halogens is 2. The molecule has 6 heteroatoms. The number of benzene rings is 1. The molecule has 0 spiro atoms. The summed E-state index contributed by atoms with van der Waals surface area (Å²) in [7, 11) is 1.90. The minimum Gasteiger partial charge on any atom is -0.435 e. The lowest BCUT2D eigenvalue weighted by atomic mass is 10.0. The van der Waals surface area contributed by atoms with Crippen molar-refractivity contribution in [2.75, 3.05) is 0 Å². The predicted molar refractivity (Wildman–Crippen MR) is 76.2 cm³/mol. The normalized spacial score (nSPS) is 12.6. The smallest absolute Gasteiger partial charge is 0.387 e. The maximum atomic E-state index is 12.1. The van der Waals surface area contributed by atoms with Gasteiger partial charge in [0.15, 0.2) is 0 Å². The lowest BCUT2D eigenvalue weighted by Crippen LogP contribution is -2.21. The van der Waals surface area contributed by atoms with Gasteiger partial charge in [-0.05, 0) is 30.2 Å². The fraction of sp³-hybridized carbons (Fsp3) is 0.400. The van der Waals surface area contributed by atoms with Crippen LogP contribution < -0.4 is 10.1 Å². The maximum Gasteiger partial charge on any atom is 0.387 e. The zero-order valence-electron chi connectivity index (χ0n) is 12.1. The van der Waals surface area contributed by atoms with E-state index < -0.39 is 6.61 Å². The van der Waals surface area contributed by atoms with Crippen LogP contribution in [-0.2, 0) is 13.6 Å². The molecule has 0 aliphatic heterocycles. The molecule has 0 aliphatic rings. The fourth-order valence-corrected chi connectivity index (χ4v) is 2.18. The molecule has 0 bridgehead atoms. The van der Waals surface area contributed by atoms with Crippen molar-refractivity contribution in [1.82, 2.24) is 15.1 Å². The van der Waals surface area contributed by atoms with Crippen molar-refractivity contribution in [3.8, 4) is 5.75 Å². The Morgan fingerprint density at radius 3 is 2.48 bits per heavy atom. The third-order valence-electron chi connectivity index (χ3n) is 3.37. The number of hydrogen-bond donors (Lipinski definition) is 1. The van der Waals surface area contributed by atoms with Gasteiger partial charge in [-0.2, -0.15) is 13.9 Å². The second kappa shape index (κ2) is 7.17. The molecule has 0 aliphatic carbocycles. The first kappa shape index (κ1) is 15.4. The van der Waals surface area contributed by atoms with Gasteiger partial charge in [-0.25, -0.2) is 0 Å². The van der Waals surface area contributed by atoms with Crippen LogP contribution in [0.15, 0.2) is 36.5 Å². The Bertz CT molecular complexity index is 554. The Labute approximate surface area is 122 Å². The molecule has 21 heavy (non-hydrogen) atoms. The lowest BCUT2D eigenvalue weighted by molar-refractivity contribution is -0.0498. The molecule has 114 valence electrons. The van der Waals surface area contributed by atoms with Crippen LogP contribution in [-0.4, -0.2) is 16.4 Å². The number of alkyl halides is 2. The van der Waals surface area contributed by atoms with Gasteiger partial charge in [-0.3, -0.25) is 4.68 Å². The third kappa shape index (κ3) is 4.26. The SMILES string of the molecule is CCC(NCc1ccnn1C)c1ccc(OC(F)F)cc1. The quantitative estimate of drug-likeness (QED) is 0.852. The van der Waals surface area contributed by atoms with Crippen LogP contribution in [0, 0.1) is 0 Å². The summed E-state index contributed by atoms with van der Waals surface area (Å²) in [5.41, 5.74) is 2.13. The van der Waals surface area contributed by atoms with Crippen molar-refractivity contribution in [2.45, 2.75) is 32.5 Å². The summed E-state index contributed by atoms with van der Waals surface area (Å²) in [6.45, 7) is -0.0183. The maximum absolute atomic E-state index is 12.1. The molecule has 4 nitrogen and oxygen atoms in total. The Balaban J connectivity index is 1.98. The van der Waals surface area contributed by atoms with E-state index >= 15 is 0 Å². The van der Waals surface area contributed by atoms with E-state index in [-0.39, 0.29) is 11.8 Å². The van der Waals surface area contributed by atoms with E-state index in [1.165, 1.54) is 0 Å². The number of aryl methyl sites for hydroxylation is 1. The van der Waals surface area contributed by atoms with Crippen LogP contribution in [0.25, 0.3) is 0 Å². The molecule has 1 N–H and O–H groups in total. The summed E-state index contributed by atoms with van der Waals surface area (Å²) in [5.74, 6) is 0.176. The first-order valence-corrected chi connectivity index (χ1v) is 6.85. The monoisotopic (exact) mass is 295 g/mol. The van der Waals surface area contributed by atoms with Gasteiger partial charge in [0.25, 0.3) is 0 Å². The number of rotatable bonds is 7. The van der Waals surface area contributed by atoms with Crippen molar-refractivity contribution in [1.29, 1.82) is 0 Å². The van der Waals surface area contributed by atoms with Gasteiger partial charge in [0.1, 0.15) is 5.75 Å². The van der Waals surface area contributed by atoms with Crippen LogP contribution in [0.1, 0.15) is 30.6 Å². The minimum atomic E-state index is -2.79. The second-order valence-electron chi connectivity index (χ2n) is 4.74. The van der Waals surface area contributed by atoms with Crippen LogP contribution in [0.3, 0.4) is 0 Å². The van der Waals surface area contributed by atoms with E-state index in [2.05, 4.69) is 22.1 Å². The van der Waals surface area contributed by atoms with Gasteiger partial charge >= 0.3 is 6.61 Å². The van der Waals surface area contributed by atoms with Crippen LogP contribution in [0.2, 0.25) is 0 Å². The average Bonchev–Trinajstić information content (AvgIpc) is 2.86. The lowest BCUT2D eigenvalue weighted by Gasteiger charge is -2.18. The number of nitrogens with zero attached hydrogens (tertiary/aromatic N) is 2. The largest absolute Gasteiger partial charge is 0.435 e. The Kier molecular flexibility index (Phi) is 5.27. The highest BCUT2D eigenvalue weighted by Crippen LogP contribution is 2.21. The molecule has 0 radical (unpaired) electrons. The summed E-state index contributed by atoms with van der Waals surface area (Å²) in [5, 5.41) is 7.56. The fourth-order valence-electron chi connectivity index (χ4n) is 2.18. The molecule has 1 aromatic heterocycles.